The van der Waals surface area contributed by atoms with Crippen LogP contribution in [0.1, 0.15) is 44.9 Å². The first kappa shape index (κ1) is 24.6. The van der Waals surface area contributed by atoms with E-state index in [1.807, 2.05) is 60.7 Å². The molecule has 7 nitrogen and oxygen atoms in total. The number of halogens is 1. The number of rotatable bonds is 5. The number of thioether (sulfide) groups is 1. The van der Waals surface area contributed by atoms with Crippen LogP contribution in [-0.2, 0) is 14.3 Å². The molecule has 3 amide bonds. The predicted octanol–water partition coefficient (Wildman–Crippen LogP) is 4.94. The maximum atomic E-state index is 13.6. The maximum absolute atomic E-state index is 13.6. The van der Waals surface area contributed by atoms with E-state index >= 15 is 0 Å². The number of benzene rings is 3. The van der Waals surface area contributed by atoms with E-state index in [9.17, 15) is 19.2 Å². The zero-order valence-corrected chi connectivity index (χ0v) is 22.6. The van der Waals surface area contributed by atoms with E-state index in [1.165, 1.54) is 16.7 Å². The summed E-state index contributed by atoms with van der Waals surface area (Å²) in [5.41, 5.74) is 2.99. The fourth-order valence-corrected chi connectivity index (χ4v) is 6.98. The normalized spacial score (nSPS) is 20.4. The molecule has 1 fully saturated rings. The van der Waals surface area contributed by atoms with Crippen molar-refractivity contribution in [3.05, 3.63) is 117 Å². The standard InChI is InChI=1S/C29H21BrN2O5S/c1-16-15-38-28-23(31-25(33)19-13-8-14-20(30)21(19)26(31)34)27(35)32(28)22(16)29(36)37-24(17-9-4-2-5-10-17)18-11-6-3-7-12-18/h2-14,23-24,28H,15H2,1H3/t23?,28-/m0/s1. The molecule has 0 aliphatic carbocycles. The Morgan fingerprint density at radius 2 is 1.53 bits per heavy atom. The van der Waals surface area contributed by atoms with Crippen molar-refractivity contribution in [2.75, 3.05) is 5.75 Å². The Labute approximate surface area is 231 Å². The minimum Gasteiger partial charge on any atom is -0.448 e. The summed E-state index contributed by atoms with van der Waals surface area (Å²) in [6, 6.07) is 22.8. The Balaban J connectivity index is 1.28. The fourth-order valence-electron chi connectivity index (χ4n) is 5.11. The van der Waals surface area contributed by atoms with Crippen LogP contribution in [0.5, 0.6) is 0 Å². The lowest BCUT2D eigenvalue weighted by molar-refractivity contribution is -0.155. The average molecular weight is 589 g/mol. The van der Waals surface area contributed by atoms with Crippen molar-refractivity contribution in [1.82, 2.24) is 9.80 Å². The number of amides is 3. The number of β-lactam (4-membered cyclic amide) rings is 1. The summed E-state index contributed by atoms with van der Waals surface area (Å²) in [6.45, 7) is 1.79. The maximum Gasteiger partial charge on any atom is 0.356 e. The third kappa shape index (κ3) is 3.80. The summed E-state index contributed by atoms with van der Waals surface area (Å²) in [5, 5.41) is -0.568. The molecule has 1 unspecified atom stereocenters. The van der Waals surface area contributed by atoms with Gasteiger partial charge in [0.15, 0.2) is 6.10 Å². The summed E-state index contributed by atoms with van der Waals surface area (Å²) in [6.07, 6.45) is -0.668. The second-order valence-electron chi connectivity index (χ2n) is 9.23. The van der Waals surface area contributed by atoms with E-state index in [4.69, 9.17) is 4.74 Å². The van der Waals surface area contributed by atoms with Gasteiger partial charge in [0.25, 0.3) is 17.7 Å². The first-order valence-corrected chi connectivity index (χ1v) is 13.8. The van der Waals surface area contributed by atoms with Gasteiger partial charge in [-0.2, -0.15) is 0 Å². The molecule has 3 heterocycles. The Morgan fingerprint density at radius 3 is 2.13 bits per heavy atom. The number of carbonyl (C=O) groups is 4. The number of ether oxygens (including phenoxy) is 1. The van der Waals surface area contributed by atoms with Crippen LogP contribution < -0.4 is 0 Å². The van der Waals surface area contributed by atoms with Gasteiger partial charge in [-0.15, -0.1) is 11.8 Å². The van der Waals surface area contributed by atoms with Crippen LogP contribution in [0.15, 0.2) is 94.6 Å². The van der Waals surface area contributed by atoms with Gasteiger partial charge in [0.2, 0.25) is 0 Å². The lowest BCUT2D eigenvalue weighted by Crippen LogP contribution is -2.71. The topological polar surface area (TPSA) is 84.0 Å². The van der Waals surface area contributed by atoms with Crippen molar-refractivity contribution in [2.24, 2.45) is 0 Å². The van der Waals surface area contributed by atoms with Gasteiger partial charge < -0.3 is 4.74 Å². The number of nitrogens with zero attached hydrogens (tertiary/aromatic N) is 2. The van der Waals surface area contributed by atoms with Crippen molar-refractivity contribution >= 4 is 51.4 Å². The van der Waals surface area contributed by atoms with Gasteiger partial charge in [-0.1, -0.05) is 66.7 Å². The van der Waals surface area contributed by atoms with E-state index in [0.717, 1.165) is 16.0 Å². The summed E-state index contributed by atoms with van der Waals surface area (Å²) in [4.78, 5) is 55.9. The minimum absolute atomic E-state index is 0.171. The van der Waals surface area contributed by atoms with Gasteiger partial charge in [0.05, 0.1) is 11.1 Å². The quantitative estimate of drug-likeness (QED) is 0.238. The number of fused-ring (bicyclic) bond motifs is 2. The van der Waals surface area contributed by atoms with Gasteiger partial charge in [0.1, 0.15) is 17.1 Å². The number of hydrogen-bond donors (Lipinski definition) is 0. The molecule has 1 saturated heterocycles. The van der Waals surface area contributed by atoms with Crippen molar-refractivity contribution in [3.8, 4) is 0 Å². The van der Waals surface area contributed by atoms with E-state index in [1.54, 1.807) is 25.1 Å². The molecule has 3 aliphatic heterocycles. The monoisotopic (exact) mass is 588 g/mol. The van der Waals surface area contributed by atoms with Gasteiger partial charge >= 0.3 is 5.97 Å². The number of imide groups is 1. The number of carbonyl (C=O) groups excluding carboxylic acids is 4. The van der Waals surface area contributed by atoms with Crippen LogP contribution in [0.4, 0.5) is 0 Å². The zero-order chi connectivity index (χ0) is 26.6. The molecule has 3 aliphatic rings. The van der Waals surface area contributed by atoms with Crippen LogP contribution in [0.3, 0.4) is 0 Å². The largest absolute Gasteiger partial charge is 0.448 e. The molecule has 38 heavy (non-hydrogen) atoms. The second kappa shape index (κ2) is 9.56. The zero-order valence-electron chi connectivity index (χ0n) is 20.2. The molecule has 0 radical (unpaired) electrons. The van der Waals surface area contributed by atoms with Crippen LogP contribution in [0.25, 0.3) is 0 Å². The second-order valence-corrected chi connectivity index (χ2v) is 11.2. The molecule has 0 saturated carbocycles. The molecule has 0 bridgehead atoms. The van der Waals surface area contributed by atoms with Gasteiger partial charge in [-0.25, -0.2) is 4.79 Å². The first-order valence-electron chi connectivity index (χ1n) is 12.0. The SMILES string of the molecule is CC1=C(C(=O)OC(c2ccccc2)c2ccccc2)N2C(=O)C(N3C(=O)c4cccc(Br)c4C3=O)[C@@H]2SC1. The minimum atomic E-state index is -0.991. The van der Waals surface area contributed by atoms with Crippen LogP contribution in [-0.4, -0.2) is 50.7 Å². The van der Waals surface area contributed by atoms with Crippen LogP contribution >= 0.6 is 27.7 Å². The Hall–Kier alpha value is -3.69. The fraction of sp³-hybridized carbons (Fsp3) is 0.172. The first-order chi connectivity index (χ1) is 18.4. The molecule has 6 rings (SSSR count). The van der Waals surface area contributed by atoms with Crippen molar-refractivity contribution in [1.29, 1.82) is 0 Å². The van der Waals surface area contributed by atoms with Crippen LogP contribution in [0.2, 0.25) is 0 Å². The molecular weight excluding hydrogens is 568 g/mol. The van der Waals surface area contributed by atoms with Crippen molar-refractivity contribution in [3.63, 3.8) is 0 Å². The predicted molar refractivity (Wildman–Crippen MR) is 145 cm³/mol. The van der Waals surface area contributed by atoms with E-state index in [-0.39, 0.29) is 16.8 Å². The number of hydrogen-bond acceptors (Lipinski definition) is 6. The Morgan fingerprint density at radius 1 is 0.895 bits per heavy atom. The molecule has 0 spiro atoms. The highest BCUT2D eigenvalue weighted by molar-refractivity contribution is 9.10. The molecule has 190 valence electrons. The summed E-state index contributed by atoms with van der Waals surface area (Å²) >= 11 is 4.77. The van der Waals surface area contributed by atoms with E-state index in [2.05, 4.69) is 15.9 Å². The van der Waals surface area contributed by atoms with Crippen LogP contribution in [0, 0.1) is 0 Å². The molecule has 9 heteroatoms. The average Bonchev–Trinajstić information content (AvgIpc) is 3.18. The molecule has 0 aromatic heterocycles. The molecular formula is C29H21BrN2O5S. The smallest absolute Gasteiger partial charge is 0.356 e. The van der Waals surface area contributed by atoms with Crippen molar-refractivity contribution in [2.45, 2.75) is 24.4 Å². The molecule has 0 N–H and O–H groups in total. The van der Waals surface area contributed by atoms with Gasteiger partial charge in [-0.3, -0.25) is 24.2 Å². The highest BCUT2D eigenvalue weighted by Crippen LogP contribution is 2.45. The Bertz CT molecular complexity index is 1480. The highest BCUT2D eigenvalue weighted by atomic mass is 79.9. The summed E-state index contributed by atoms with van der Waals surface area (Å²) in [5.74, 6) is -1.66. The lowest BCUT2D eigenvalue weighted by atomic mass is 10.00. The third-order valence-electron chi connectivity index (χ3n) is 6.93. The molecule has 3 aromatic carbocycles. The van der Waals surface area contributed by atoms with E-state index < -0.39 is 41.2 Å². The Kier molecular flexibility index (Phi) is 6.20. The van der Waals surface area contributed by atoms with E-state index in [0.29, 0.717) is 15.8 Å². The summed E-state index contributed by atoms with van der Waals surface area (Å²) in [7, 11) is 0. The van der Waals surface area contributed by atoms with Gasteiger partial charge in [-0.05, 0) is 51.7 Å². The third-order valence-corrected chi connectivity index (χ3v) is 9.00. The molecule has 3 aromatic rings. The number of esters is 1. The van der Waals surface area contributed by atoms with Crippen molar-refractivity contribution < 1.29 is 23.9 Å². The molecule has 2 atom stereocenters. The van der Waals surface area contributed by atoms with Gasteiger partial charge in [0, 0.05) is 10.2 Å². The summed E-state index contributed by atoms with van der Waals surface area (Å²) < 4.78 is 6.55. The lowest BCUT2D eigenvalue weighted by Gasteiger charge is -2.51. The highest BCUT2D eigenvalue weighted by Gasteiger charge is 2.60.